The lowest BCUT2D eigenvalue weighted by atomic mass is 10.1. The summed E-state index contributed by atoms with van der Waals surface area (Å²) in [6, 6.07) is 27.9. The Kier molecular flexibility index (Phi) is 16.6. The van der Waals surface area contributed by atoms with Crippen LogP contribution in [0.5, 0.6) is 17.5 Å². The standard InChI is InChI=1S/C24H26N4O3Si.C13H19ClN4OSi.C11H8O2.H2/c1-32(2,3)11-10-30-17-28-23(8-9-27-28)21-14-25-24(26-15-21)31-22-7-6-19-12-18(16-29)4-5-20(19)13-22;1-20(2,3)7-6-19-10-18-12(4-5-17-18)11-8-15-13(14)16-9-11;12-7-8-1-2-10-6-11(13)4-3-9(10)5-8;/h4-9,12-16H,10-11,17H2,1-3H3;4-5,8-9H,6-7,10H2,1-3H3;1-7,13H;1H. The summed E-state index contributed by atoms with van der Waals surface area (Å²) in [6.45, 7) is 16.3. The lowest BCUT2D eigenvalue weighted by molar-refractivity contribution is 0.0797. The van der Waals surface area contributed by atoms with Crippen molar-refractivity contribution in [2.24, 2.45) is 0 Å². The number of rotatable bonds is 16. The van der Waals surface area contributed by atoms with E-state index in [9.17, 15) is 14.7 Å². The first kappa shape index (κ1) is 48.0. The summed E-state index contributed by atoms with van der Waals surface area (Å²) >= 11 is 5.69. The molecule has 338 valence electrons. The van der Waals surface area contributed by atoms with Crippen molar-refractivity contribution in [3.63, 3.8) is 0 Å². The molecule has 8 rings (SSSR count). The molecule has 14 nitrogen and oxygen atoms in total. The third kappa shape index (κ3) is 14.8. The number of aromatic hydroxyl groups is 1. The second-order valence-electron chi connectivity index (χ2n) is 17.5. The van der Waals surface area contributed by atoms with Crippen molar-refractivity contribution in [1.29, 1.82) is 0 Å². The van der Waals surface area contributed by atoms with E-state index in [2.05, 4.69) is 69.4 Å². The van der Waals surface area contributed by atoms with E-state index in [0.29, 0.717) is 30.3 Å². The number of aldehydes is 2. The van der Waals surface area contributed by atoms with Gasteiger partial charge in [0.2, 0.25) is 5.28 Å². The van der Waals surface area contributed by atoms with Crippen LogP contribution in [0.1, 0.15) is 22.1 Å². The molecular formula is C48H55ClN8O6Si2. The summed E-state index contributed by atoms with van der Waals surface area (Å²) in [5.41, 5.74) is 4.82. The third-order valence-corrected chi connectivity index (χ3v) is 13.5. The predicted molar refractivity (Wildman–Crippen MR) is 262 cm³/mol. The Morgan fingerprint density at radius 2 is 1.05 bits per heavy atom. The van der Waals surface area contributed by atoms with E-state index >= 15 is 0 Å². The van der Waals surface area contributed by atoms with Crippen molar-refractivity contribution in [1.82, 2.24) is 39.5 Å². The van der Waals surface area contributed by atoms with Crippen LogP contribution < -0.4 is 4.74 Å². The average molecular weight is 932 g/mol. The topological polar surface area (TPSA) is 169 Å². The van der Waals surface area contributed by atoms with Gasteiger partial charge < -0.3 is 19.3 Å². The largest absolute Gasteiger partial charge is 0.508 e. The van der Waals surface area contributed by atoms with Gasteiger partial charge in [-0.2, -0.15) is 10.2 Å². The van der Waals surface area contributed by atoms with Crippen molar-refractivity contribution in [3.8, 4) is 40.0 Å². The van der Waals surface area contributed by atoms with Gasteiger partial charge in [0.05, 0.1) is 11.4 Å². The molecule has 0 radical (unpaired) electrons. The summed E-state index contributed by atoms with van der Waals surface area (Å²) in [5.74, 6) is 0.872. The monoisotopic (exact) mass is 930 g/mol. The summed E-state index contributed by atoms with van der Waals surface area (Å²) in [6.07, 6.45) is 11.9. The zero-order chi connectivity index (χ0) is 46.4. The van der Waals surface area contributed by atoms with Crippen LogP contribution in [-0.4, -0.2) is 86.5 Å². The molecular weight excluding hydrogens is 876 g/mol. The molecule has 1 N–H and O–H groups in total. The number of ether oxygens (including phenoxy) is 3. The minimum Gasteiger partial charge on any atom is -0.508 e. The first-order valence-corrected chi connectivity index (χ1v) is 28.8. The van der Waals surface area contributed by atoms with Crippen LogP contribution in [-0.2, 0) is 22.9 Å². The molecule has 4 aromatic heterocycles. The molecule has 0 fully saturated rings. The summed E-state index contributed by atoms with van der Waals surface area (Å²) < 4.78 is 21.0. The van der Waals surface area contributed by atoms with Gasteiger partial charge in [0, 0.05) is 90.2 Å². The average Bonchev–Trinajstić information content (AvgIpc) is 3.97. The van der Waals surface area contributed by atoms with E-state index in [1.165, 1.54) is 0 Å². The number of halogens is 1. The molecule has 0 saturated carbocycles. The highest BCUT2D eigenvalue weighted by molar-refractivity contribution is 6.76. The van der Waals surface area contributed by atoms with Crippen LogP contribution >= 0.6 is 11.6 Å². The van der Waals surface area contributed by atoms with Gasteiger partial charge in [-0.3, -0.25) is 9.59 Å². The molecule has 0 unspecified atom stereocenters. The number of carbonyl (C=O) groups excluding carboxylic acids is 2. The molecule has 0 aliphatic carbocycles. The molecule has 0 saturated heterocycles. The number of nitrogens with zero attached hydrogens (tertiary/aromatic N) is 8. The number of hydrogen-bond donors (Lipinski definition) is 1. The Morgan fingerprint density at radius 3 is 1.54 bits per heavy atom. The van der Waals surface area contributed by atoms with E-state index in [4.69, 9.17) is 25.8 Å². The van der Waals surface area contributed by atoms with Crippen LogP contribution in [0.3, 0.4) is 0 Å². The number of hydrogen-bond acceptors (Lipinski definition) is 12. The van der Waals surface area contributed by atoms with Gasteiger partial charge in [-0.1, -0.05) is 75.7 Å². The van der Waals surface area contributed by atoms with Crippen LogP contribution in [0, 0.1) is 0 Å². The van der Waals surface area contributed by atoms with Gasteiger partial charge in [-0.25, -0.2) is 29.3 Å². The van der Waals surface area contributed by atoms with E-state index in [-0.39, 0.29) is 18.5 Å². The van der Waals surface area contributed by atoms with E-state index in [1.807, 2.05) is 48.5 Å². The third-order valence-electron chi connectivity index (χ3n) is 9.86. The zero-order valence-corrected chi connectivity index (χ0v) is 40.1. The van der Waals surface area contributed by atoms with Crippen LogP contribution in [0.25, 0.3) is 44.1 Å². The molecule has 0 aliphatic heterocycles. The van der Waals surface area contributed by atoms with Gasteiger partial charge in [-0.15, -0.1) is 0 Å². The fraction of sp³-hybridized carbons (Fsp3) is 0.250. The van der Waals surface area contributed by atoms with Crippen LogP contribution in [0.2, 0.25) is 56.7 Å². The van der Waals surface area contributed by atoms with Crippen molar-refractivity contribution < 1.29 is 30.3 Å². The molecule has 0 spiro atoms. The zero-order valence-electron chi connectivity index (χ0n) is 37.4. The fourth-order valence-corrected chi connectivity index (χ4v) is 7.79. The predicted octanol–water partition coefficient (Wildman–Crippen LogP) is 11.3. The van der Waals surface area contributed by atoms with Gasteiger partial charge in [0.1, 0.15) is 37.5 Å². The highest BCUT2D eigenvalue weighted by atomic mass is 35.5. The number of benzene rings is 4. The van der Waals surface area contributed by atoms with Crippen molar-refractivity contribution in [3.05, 3.63) is 139 Å². The number of fused-ring (bicyclic) bond motifs is 2. The Bertz CT molecular complexity index is 2820. The molecule has 0 amide bonds. The van der Waals surface area contributed by atoms with Gasteiger partial charge in [-0.05, 0) is 93.8 Å². The maximum Gasteiger partial charge on any atom is 0.321 e. The van der Waals surface area contributed by atoms with E-state index in [0.717, 1.165) is 81.9 Å². The molecule has 0 bridgehead atoms. The Labute approximate surface area is 386 Å². The molecule has 4 heterocycles. The van der Waals surface area contributed by atoms with Gasteiger partial charge in [0.25, 0.3) is 0 Å². The first-order valence-electron chi connectivity index (χ1n) is 21.0. The van der Waals surface area contributed by atoms with E-state index in [1.54, 1.807) is 82.9 Å². The number of carbonyl (C=O) groups is 2. The minimum absolute atomic E-state index is 0. The highest BCUT2D eigenvalue weighted by Gasteiger charge is 2.15. The first-order chi connectivity index (χ1) is 31.2. The molecule has 0 atom stereocenters. The second-order valence-corrected chi connectivity index (χ2v) is 29.1. The Balaban J connectivity index is 0.000000204. The summed E-state index contributed by atoms with van der Waals surface area (Å²) in [7, 11) is -2.17. The number of aromatic nitrogens is 8. The molecule has 17 heteroatoms. The summed E-state index contributed by atoms with van der Waals surface area (Å²) in [5, 5.41) is 21.9. The van der Waals surface area contributed by atoms with Crippen LogP contribution in [0.15, 0.2) is 122 Å². The maximum atomic E-state index is 10.9. The highest BCUT2D eigenvalue weighted by Crippen LogP contribution is 2.26. The van der Waals surface area contributed by atoms with Crippen LogP contribution in [0.4, 0.5) is 0 Å². The van der Waals surface area contributed by atoms with Gasteiger partial charge in [0.15, 0.2) is 0 Å². The molecule has 4 aromatic carbocycles. The quantitative estimate of drug-likeness (QED) is 0.0422. The minimum atomic E-state index is -1.12. The SMILES string of the molecule is C[Si](C)(C)CCOCn1nccc1-c1cnc(Cl)nc1.C[Si](C)(C)CCOCn1nccc1-c1cnc(Oc2ccc3cc(C=O)ccc3c2)nc1.O=Cc1ccc2cc(O)ccc2c1.[HH]. The second kappa shape index (κ2) is 22.5. The normalized spacial score (nSPS) is 11.4. The van der Waals surface area contributed by atoms with Crippen molar-refractivity contribution in [2.45, 2.75) is 64.8 Å². The van der Waals surface area contributed by atoms with E-state index < -0.39 is 16.1 Å². The summed E-state index contributed by atoms with van der Waals surface area (Å²) in [4.78, 5) is 38.1. The Morgan fingerprint density at radius 1 is 0.600 bits per heavy atom. The molecule has 0 aliphatic rings. The lowest BCUT2D eigenvalue weighted by Gasteiger charge is -2.15. The molecule has 65 heavy (non-hydrogen) atoms. The molecule has 8 aromatic rings. The maximum absolute atomic E-state index is 10.9. The lowest BCUT2D eigenvalue weighted by Crippen LogP contribution is -2.22. The number of phenols is 1. The smallest absolute Gasteiger partial charge is 0.321 e. The number of phenolic OH excluding ortho intramolecular Hbond substituents is 1. The van der Waals surface area contributed by atoms with Crippen molar-refractivity contribution in [2.75, 3.05) is 13.2 Å². The van der Waals surface area contributed by atoms with Gasteiger partial charge >= 0.3 is 6.01 Å². The van der Waals surface area contributed by atoms with Crippen molar-refractivity contribution >= 4 is 61.9 Å². The Hall–Kier alpha value is -6.44. The fourth-order valence-electron chi connectivity index (χ4n) is 6.18.